The van der Waals surface area contributed by atoms with Crippen LogP contribution < -0.4 is 16.2 Å². The number of benzene rings is 2. The molecule has 2 atom stereocenters. The lowest BCUT2D eigenvalue weighted by molar-refractivity contribution is -0.117. The summed E-state index contributed by atoms with van der Waals surface area (Å²) in [5.41, 5.74) is 6.41. The number of nitrogens with one attached hydrogen (secondary N) is 3. The van der Waals surface area contributed by atoms with Crippen LogP contribution in [0.2, 0.25) is 0 Å². The smallest absolute Gasteiger partial charge is 0.279 e. The Morgan fingerprint density at radius 1 is 0.968 bits per heavy atom. The minimum absolute atomic E-state index is 0.0300. The van der Waals surface area contributed by atoms with Crippen molar-refractivity contribution in [1.29, 1.82) is 0 Å². The summed E-state index contributed by atoms with van der Waals surface area (Å²) in [5.74, 6) is -0.914. The van der Waals surface area contributed by atoms with Crippen molar-refractivity contribution in [3.8, 4) is 10.4 Å². The Balaban J connectivity index is 1.34. The van der Waals surface area contributed by atoms with Crippen molar-refractivity contribution < 1.29 is 18.8 Å². The van der Waals surface area contributed by atoms with Crippen molar-refractivity contribution in [3.63, 3.8) is 0 Å². The van der Waals surface area contributed by atoms with Crippen molar-refractivity contribution in [1.82, 2.24) is 10.9 Å². The first-order valence-electron chi connectivity index (χ1n) is 9.78. The second-order valence-electron chi connectivity index (χ2n) is 7.47. The third-order valence-corrected chi connectivity index (χ3v) is 6.22. The number of carbonyl (C=O) groups is 3. The third-order valence-electron chi connectivity index (χ3n) is 5.09. The molecule has 1 heterocycles. The maximum Gasteiger partial charge on any atom is 0.279 e. The fourth-order valence-corrected chi connectivity index (χ4v) is 4.04. The topological polar surface area (TPSA) is 87.3 Å². The molecule has 3 aromatic rings. The lowest BCUT2D eigenvalue weighted by Gasteiger charge is -2.09. The summed E-state index contributed by atoms with van der Waals surface area (Å²) < 4.78 is 13.1. The minimum atomic E-state index is -0.500. The van der Waals surface area contributed by atoms with Crippen LogP contribution in [0.25, 0.3) is 10.4 Å². The molecule has 158 valence electrons. The third kappa shape index (κ3) is 4.97. The van der Waals surface area contributed by atoms with Crippen molar-refractivity contribution in [3.05, 3.63) is 76.9 Å². The van der Waals surface area contributed by atoms with Gasteiger partial charge in [0.2, 0.25) is 5.91 Å². The molecule has 2 unspecified atom stereocenters. The summed E-state index contributed by atoms with van der Waals surface area (Å²) in [6.45, 7) is 2.02. The molecule has 4 rings (SSSR count). The predicted molar refractivity (Wildman–Crippen MR) is 117 cm³/mol. The van der Waals surface area contributed by atoms with Crippen LogP contribution in [0.5, 0.6) is 0 Å². The van der Waals surface area contributed by atoms with Gasteiger partial charge < -0.3 is 5.32 Å². The molecule has 1 fully saturated rings. The molecule has 0 spiro atoms. The van der Waals surface area contributed by atoms with Gasteiger partial charge in [0.25, 0.3) is 11.8 Å². The van der Waals surface area contributed by atoms with E-state index in [2.05, 4.69) is 16.2 Å². The van der Waals surface area contributed by atoms with Gasteiger partial charge in [-0.05, 0) is 60.4 Å². The number of thiophene rings is 1. The highest BCUT2D eigenvalue weighted by molar-refractivity contribution is 7.17. The van der Waals surface area contributed by atoms with Gasteiger partial charge in [-0.15, -0.1) is 11.3 Å². The van der Waals surface area contributed by atoms with Gasteiger partial charge in [-0.25, -0.2) is 4.39 Å². The molecule has 1 aliphatic rings. The standard InChI is InChI=1S/C23H20FN3O3S/c1-13-11-18(13)22(29)25-17-4-2-3-15(12-17)21(28)26-27-23(30)20-10-9-19(31-20)14-5-7-16(24)8-6-14/h2-10,12-13,18H,11H2,1H3,(H,25,29)(H,26,28)(H,27,30). The molecule has 2 aromatic carbocycles. The molecular weight excluding hydrogens is 417 g/mol. The monoisotopic (exact) mass is 437 g/mol. The highest BCUT2D eigenvalue weighted by Gasteiger charge is 2.39. The van der Waals surface area contributed by atoms with Gasteiger partial charge in [0, 0.05) is 22.0 Å². The highest BCUT2D eigenvalue weighted by atomic mass is 32.1. The zero-order valence-electron chi connectivity index (χ0n) is 16.6. The summed E-state index contributed by atoms with van der Waals surface area (Å²) in [6.07, 6.45) is 0.879. The normalized spacial score (nSPS) is 17.0. The van der Waals surface area contributed by atoms with E-state index in [0.29, 0.717) is 22.0 Å². The fraction of sp³-hybridized carbons (Fsp3) is 0.174. The number of hydrazine groups is 1. The second-order valence-corrected chi connectivity index (χ2v) is 8.55. The van der Waals surface area contributed by atoms with Gasteiger partial charge in [0.05, 0.1) is 4.88 Å². The first kappa shape index (κ1) is 20.7. The Kier molecular flexibility index (Phi) is 5.81. The van der Waals surface area contributed by atoms with E-state index in [1.807, 2.05) is 6.92 Å². The average molecular weight is 437 g/mol. The average Bonchev–Trinajstić information content (AvgIpc) is 3.30. The van der Waals surface area contributed by atoms with E-state index in [9.17, 15) is 18.8 Å². The number of amides is 3. The molecule has 0 saturated heterocycles. The van der Waals surface area contributed by atoms with Crippen LogP contribution >= 0.6 is 11.3 Å². The summed E-state index contributed by atoms with van der Waals surface area (Å²) >= 11 is 1.23. The number of rotatable bonds is 5. The van der Waals surface area contributed by atoms with Gasteiger partial charge in [-0.1, -0.05) is 25.1 Å². The molecule has 1 aliphatic carbocycles. The molecule has 0 bridgehead atoms. The summed E-state index contributed by atoms with van der Waals surface area (Å²) in [7, 11) is 0. The van der Waals surface area contributed by atoms with E-state index in [0.717, 1.165) is 16.9 Å². The second kappa shape index (κ2) is 8.69. The molecule has 8 heteroatoms. The van der Waals surface area contributed by atoms with Crippen LogP contribution in [0, 0.1) is 17.7 Å². The number of anilines is 1. The van der Waals surface area contributed by atoms with E-state index >= 15 is 0 Å². The fourth-order valence-electron chi connectivity index (χ4n) is 3.14. The maximum atomic E-state index is 13.1. The van der Waals surface area contributed by atoms with E-state index in [1.165, 1.54) is 23.5 Å². The quantitative estimate of drug-likeness (QED) is 0.522. The van der Waals surface area contributed by atoms with Crippen LogP contribution in [0.15, 0.2) is 60.7 Å². The highest BCUT2D eigenvalue weighted by Crippen LogP contribution is 2.38. The number of hydrogen-bond acceptors (Lipinski definition) is 4. The van der Waals surface area contributed by atoms with Crippen LogP contribution in [0.1, 0.15) is 33.4 Å². The van der Waals surface area contributed by atoms with Gasteiger partial charge >= 0.3 is 0 Å². The summed E-state index contributed by atoms with van der Waals surface area (Å²) in [6, 6.07) is 15.9. The molecule has 0 aliphatic heterocycles. The van der Waals surface area contributed by atoms with E-state index in [1.54, 1.807) is 48.5 Å². The zero-order chi connectivity index (χ0) is 22.0. The molecule has 6 nitrogen and oxygen atoms in total. The Morgan fingerprint density at radius 3 is 2.39 bits per heavy atom. The van der Waals surface area contributed by atoms with Gasteiger partial charge in [-0.2, -0.15) is 0 Å². The molecule has 3 amide bonds. The minimum Gasteiger partial charge on any atom is -0.326 e. The van der Waals surface area contributed by atoms with E-state index < -0.39 is 11.8 Å². The molecule has 3 N–H and O–H groups in total. The van der Waals surface area contributed by atoms with Crippen molar-refractivity contribution in [2.45, 2.75) is 13.3 Å². The van der Waals surface area contributed by atoms with Gasteiger partial charge in [-0.3, -0.25) is 25.2 Å². The Bertz CT molecular complexity index is 1140. The number of hydrogen-bond donors (Lipinski definition) is 3. The zero-order valence-corrected chi connectivity index (χ0v) is 17.5. The first-order valence-corrected chi connectivity index (χ1v) is 10.6. The molecule has 31 heavy (non-hydrogen) atoms. The lowest BCUT2D eigenvalue weighted by Crippen LogP contribution is -2.41. The summed E-state index contributed by atoms with van der Waals surface area (Å²) in [5, 5.41) is 2.81. The van der Waals surface area contributed by atoms with Crippen LogP contribution in [0.4, 0.5) is 10.1 Å². The number of halogens is 1. The lowest BCUT2D eigenvalue weighted by atomic mass is 10.2. The van der Waals surface area contributed by atoms with Crippen molar-refractivity contribution in [2.24, 2.45) is 11.8 Å². The molecule has 0 radical (unpaired) electrons. The maximum absolute atomic E-state index is 13.1. The largest absolute Gasteiger partial charge is 0.326 e. The predicted octanol–water partition coefficient (Wildman–Crippen LogP) is 4.22. The molecule has 1 aromatic heterocycles. The molecular formula is C23H20FN3O3S. The van der Waals surface area contributed by atoms with Crippen LogP contribution in [-0.4, -0.2) is 17.7 Å². The Labute approximate surface area is 182 Å². The van der Waals surface area contributed by atoms with E-state index in [4.69, 9.17) is 0 Å². The van der Waals surface area contributed by atoms with Crippen molar-refractivity contribution in [2.75, 3.05) is 5.32 Å². The van der Waals surface area contributed by atoms with Crippen molar-refractivity contribution >= 4 is 34.7 Å². The summed E-state index contributed by atoms with van der Waals surface area (Å²) in [4.78, 5) is 38.1. The Hall–Kier alpha value is -3.52. The van der Waals surface area contributed by atoms with Crippen LogP contribution in [-0.2, 0) is 4.79 Å². The SMILES string of the molecule is CC1CC1C(=O)Nc1cccc(C(=O)NNC(=O)c2ccc(-c3ccc(F)cc3)s2)c1. The van der Waals surface area contributed by atoms with Crippen LogP contribution in [0.3, 0.4) is 0 Å². The van der Waals surface area contributed by atoms with Gasteiger partial charge in [0.1, 0.15) is 5.82 Å². The van der Waals surface area contributed by atoms with E-state index in [-0.39, 0.29) is 17.6 Å². The molecule has 1 saturated carbocycles. The first-order chi connectivity index (χ1) is 14.9. The van der Waals surface area contributed by atoms with Gasteiger partial charge in [0.15, 0.2) is 0 Å². The Morgan fingerprint density at radius 2 is 1.68 bits per heavy atom. The number of carbonyl (C=O) groups excluding carboxylic acids is 3.